The highest BCUT2D eigenvalue weighted by molar-refractivity contribution is 9.10. The van der Waals surface area contributed by atoms with Gasteiger partial charge in [-0.1, -0.05) is 11.6 Å². The Labute approximate surface area is 104 Å². The normalized spacial score (nSPS) is 27.1. The third-order valence-corrected chi connectivity index (χ3v) is 4.66. The van der Waals surface area contributed by atoms with Crippen LogP contribution in [0.2, 0.25) is 4.34 Å². The molecule has 0 spiro atoms. The lowest BCUT2D eigenvalue weighted by Crippen LogP contribution is -2.10. The SMILES string of the molecule is ClCC1COC(c2cc(Br)c(Cl)s2)O1. The van der Waals surface area contributed by atoms with Crippen molar-refractivity contribution >= 4 is 50.5 Å². The fraction of sp³-hybridized carbons (Fsp3) is 0.500. The molecule has 0 N–H and O–H groups in total. The smallest absolute Gasteiger partial charge is 0.193 e. The molecule has 1 aromatic rings. The highest BCUT2D eigenvalue weighted by Crippen LogP contribution is 2.39. The summed E-state index contributed by atoms with van der Waals surface area (Å²) in [5, 5.41) is 0. The highest BCUT2D eigenvalue weighted by Gasteiger charge is 2.28. The van der Waals surface area contributed by atoms with Crippen molar-refractivity contribution in [3.8, 4) is 0 Å². The van der Waals surface area contributed by atoms with Gasteiger partial charge in [0.05, 0.1) is 23.5 Å². The molecule has 6 heteroatoms. The number of alkyl halides is 1. The molecule has 2 unspecified atom stereocenters. The summed E-state index contributed by atoms with van der Waals surface area (Å²) >= 11 is 16.4. The first-order valence-corrected chi connectivity index (χ1v) is 6.50. The first-order chi connectivity index (χ1) is 6.70. The van der Waals surface area contributed by atoms with E-state index in [2.05, 4.69) is 15.9 Å². The van der Waals surface area contributed by atoms with Gasteiger partial charge >= 0.3 is 0 Å². The fourth-order valence-corrected chi connectivity index (χ4v) is 3.04. The Morgan fingerprint density at radius 3 is 2.93 bits per heavy atom. The van der Waals surface area contributed by atoms with E-state index in [9.17, 15) is 0 Å². The lowest BCUT2D eigenvalue weighted by Gasteiger charge is -2.06. The lowest BCUT2D eigenvalue weighted by atomic mass is 10.4. The van der Waals surface area contributed by atoms with Crippen molar-refractivity contribution in [2.24, 2.45) is 0 Å². The minimum Gasteiger partial charge on any atom is -0.345 e. The summed E-state index contributed by atoms with van der Waals surface area (Å²) < 4.78 is 12.6. The molecule has 0 bridgehead atoms. The summed E-state index contributed by atoms with van der Waals surface area (Å²) in [5.74, 6) is 0.455. The van der Waals surface area contributed by atoms with Crippen LogP contribution < -0.4 is 0 Å². The molecule has 2 atom stereocenters. The number of hydrogen-bond acceptors (Lipinski definition) is 3. The molecule has 0 radical (unpaired) electrons. The molecule has 0 amide bonds. The van der Waals surface area contributed by atoms with Crippen LogP contribution in [0.25, 0.3) is 0 Å². The number of hydrogen-bond donors (Lipinski definition) is 0. The first kappa shape index (κ1) is 11.2. The Hall–Kier alpha value is 0.680. The minimum absolute atomic E-state index is 0.0127. The summed E-state index contributed by atoms with van der Waals surface area (Å²) in [6.07, 6.45) is -0.325. The summed E-state index contributed by atoms with van der Waals surface area (Å²) in [7, 11) is 0. The van der Waals surface area contributed by atoms with Gasteiger partial charge in [-0.05, 0) is 22.0 Å². The molecule has 78 valence electrons. The van der Waals surface area contributed by atoms with Crippen LogP contribution in [0.3, 0.4) is 0 Å². The second-order valence-electron chi connectivity index (χ2n) is 2.85. The van der Waals surface area contributed by atoms with Crippen LogP contribution in [0.1, 0.15) is 11.2 Å². The molecule has 0 aromatic carbocycles. The number of thiophene rings is 1. The molecule has 2 heterocycles. The van der Waals surface area contributed by atoms with Crippen LogP contribution in [-0.4, -0.2) is 18.6 Å². The second kappa shape index (κ2) is 4.68. The van der Waals surface area contributed by atoms with Crippen molar-refractivity contribution in [3.05, 3.63) is 19.8 Å². The van der Waals surface area contributed by atoms with Crippen LogP contribution in [0.5, 0.6) is 0 Å². The third-order valence-electron chi connectivity index (χ3n) is 1.82. The Morgan fingerprint density at radius 1 is 1.64 bits per heavy atom. The van der Waals surface area contributed by atoms with Crippen LogP contribution in [0.15, 0.2) is 10.5 Å². The lowest BCUT2D eigenvalue weighted by molar-refractivity contribution is -0.0540. The standard InChI is InChI=1S/C8H7BrCl2O2S/c9-5-1-6(14-7(5)11)8-12-3-4(2-10)13-8/h1,4,8H,2-3H2. The van der Waals surface area contributed by atoms with E-state index in [0.29, 0.717) is 16.8 Å². The van der Waals surface area contributed by atoms with Gasteiger partial charge in [0.25, 0.3) is 0 Å². The monoisotopic (exact) mass is 316 g/mol. The maximum absolute atomic E-state index is 5.91. The van der Waals surface area contributed by atoms with E-state index in [4.69, 9.17) is 32.7 Å². The maximum Gasteiger partial charge on any atom is 0.193 e. The van der Waals surface area contributed by atoms with Gasteiger partial charge in [0.2, 0.25) is 0 Å². The average molecular weight is 318 g/mol. The molecule has 0 saturated carbocycles. The topological polar surface area (TPSA) is 18.5 Å². The summed E-state index contributed by atoms with van der Waals surface area (Å²) in [4.78, 5) is 0.967. The van der Waals surface area contributed by atoms with Gasteiger partial charge in [-0.2, -0.15) is 0 Å². The molecule has 1 fully saturated rings. The highest BCUT2D eigenvalue weighted by atomic mass is 79.9. The zero-order valence-electron chi connectivity index (χ0n) is 7.00. The van der Waals surface area contributed by atoms with Crippen molar-refractivity contribution in [3.63, 3.8) is 0 Å². The molecular formula is C8H7BrCl2O2S. The van der Waals surface area contributed by atoms with E-state index in [1.54, 1.807) is 0 Å². The predicted molar refractivity (Wildman–Crippen MR) is 61.3 cm³/mol. The van der Waals surface area contributed by atoms with Gasteiger partial charge < -0.3 is 9.47 Å². The maximum atomic E-state index is 5.91. The van der Waals surface area contributed by atoms with Gasteiger partial charge in [-0.15, -0.1) is 22.9 Å². The molecule has 1 aromatic heterocycles. The number of halogens is 3. The van der Waals surface area contributed by atoms with Crippen LogP contribution in [0, 0.1) is 0 Å². The third kappa shape index (κ3) is 2.26. The van der Waals surface area contributed by atoms with E-state index in [1.807, 2.05) is 6.07 Å². The number of ether oxygens (including phenoxy) is 2. The molecule has 0 aliphatic carbocycles. The van der Waals surface area contributed by atoms with Crippen LogP contribution in [-0.2, 0) is 9.47 Å². The van der Waals surface area contributed by atoms with Gasteiger partial charge in [0.1, 0.15) is 4.34 Å². The van der Waals surface area contributed by atoms with E-state index in [-0.39, 0.29) is 12.4 Å². The molecular weight excluding hydrogens is 311 g/mol. The molecule has 14 heavy (non-hydrogen) atoms. The molecule has 1 aliphatic heterocycles. The Balaban J connectivity index is 2.09. The molecule has 1 aliphatic rings. The average Bonchev–Trinajstić information content (AvgIpc) is 2.74. The van der Waals surface area contributed by atoms with E-state index < -0.39 is 0 Å². The van der Waals surface area contributed by atoms with Crippen LogP contribution >= 0.6 is 50.5 Å². The van der Waals surface area contributed by atoms with Crippen LogP contribution in [0.4, 0.5) is 0 Å². The van der Waals surface area contributed by atoms with Crippen molar-refractivity contribution in [1.82, 2.24) is 0 Å². The van der Waals surface area contributed by atoms with Crippen molar-refractivity contribution < 1.29 is 9.47 Å². The van der Waals surface area contributed by atoms with Gasteiger partial charge in [0, 0.05) is 4.47 Å². The van der Waals surface area contributed by atoms with Crippen molar-refractivity contribution in [2.45, 2.75) is 12.4 Å². The first-order valence-electron chi connectivity index (χ1n) is 3.98. The largest absolute Gasteiger partial charge is 0.345 e. The molecule has 2 nitrogen and oxygen atoms in total. The predicted octanol–water partition coefficient (Wildman–Crippen LogP) is 3.82. The van der Waals surface area contributed by atoms with E-state index in [0.717, 1.165) is 9.35 Å². The molecule has 1 saturated heterocycles. The van der Waals surface area contributed by atoms with E-state index in [1.165, 1.54) is 11.3 Å². The Bertz CT molecular complexity index is 312. The quantitative estimate of drug-likeness (QED) is 0.772. The Kier molecular flexibility index (Phi) is 3.73. The number of rotatable bonds is 2. The van der Waals surface area contributed by atoms with Gasteiger partial charge in [-0.3, -0.25) is 0 Å². The zero-order valence-corrected chi connectivity index (χ0v) is 10.9. The van der Waals surface area contributed by atoms with Gasteiger partial charge in [0.15, 0.2) is 6.29 Å². The summed E-state index contributed by atoms with van der Waals surface area (Å²) in [6, 6.07) is 1.91. The van der Waals surface area contributed by atoms with Crippen molar-refractivity contribution in [1.29, 1.82) is 0 Å². The van der Waals surface area contributed by atoms with Crippen molar-refractivity contribution in [2.75, 3.05) is 12.5 Å². The molecule has 2 rings (SSSR count). The summed E-state index contributed by atoms with van der Waals surface area (Å²) in [5.41, 5.74) is 0. The summed E-state index contributed by atoms with van der Waals surface area (Å²) in [6.45, 7) is 0.543. The zero-order chi connectivity index (χ0) is 10.1. The minimum atomic E-state index is -0.312. The second-order valence-corrected chi connectivity index (χ2v) is 5.70. The van der Waals surface area contributed by atoms with Gasteiger partial charge in [-0.25, -0.2) is 0 Å². The fourth-order valence-electron chi connectivity index (χ4n) is 1.16. The van der Waals surface area contributed by atoms with E-state index >= 15 is 0 Å². The Morgan fingerprint density at radius 2 is 2.43 bits per heavy atom.